The lowest BCUT2D eigenvalue weighted by Gasteiger charge is -1.95. The van der Waals surface area contributed by atoms with Crippen molar-refractivity contribution < 1.29 is 4.52 Å². The maximum Gasteiger partial charge on any atom is 0.168 e. The molecule has 1 aliphatic carbocycles. The van der Waals surface area contributed by atoms with Crippen LogP contribution in [0.25, 0.3) is 11.3 Å². The Kier molecular flexibility index (Phi) is 2.31. The first-order chi connectivity index (χ1) is 7.42. The standard InChI is InChI=1S/C11H12N2OS/c1-2-9(1)12-6-10-5-11(14-13-10)8-3-4-15-7-8/h3-5,7,9,12H,1-2,6H2. The summed E-state index contributed by atoms with van der Waals surface area (Å²) in [6.45, 7) is 0.818. The van der Waals surface area contributed by atoms with E-state index in [1.165, 1.54) is 12.8 Å². The third-order valence-electron chi connectivity index (χ3n) is 2.51. The Morgan fingerprint density at radius 1 is 1.53 bits per heavy atom. The van der Waals surface area contributed by atoms with Crippen molar-refractivity contribution in [2.75, 3.05) is 0 Å². The lowest BCUT2D eigenvalue weighted by atomic mass is 10.2. The van der Waals surface area contributed by atoms with Crippen LogP contribution in [0.5, 0.6) is 0 Å². The Morgan fingerprint density at radius 3 is 3.20 bits per heavy atom. The van der Waals surface area contributed by atoms with E-state index in [9.17, 15) is 0 Å². The summed E-state index contributed by atoms with van der Waals surface area (Å²) in [5.74, 6) is 0.865. The second-order valence-electron chi connectivity index (χ2n) is 3.85. The number of nitrogens with one attached hydrogen (secondary N) is 1. The van der Waals surface area contributed by atoms with Crippen molar-refractivity contribution in [3.8, 4) is 11.3 Å². The molecule has 3 nitrogen and oxygen atoms in total. The van der Waals surface area contributed by atoms with E-state index in [4.69, 9.17) is 4.52 Å². The van der Waals surface area contributed by atoms with E-state index in [1.54, 1.807) is 11.3 Å². The summed E-state index contributed by atoms with van der Waals surface area (Å²) in [6, 6.07) is 4.77. The number of hydrogen-bond acceptors (Lipinski definition) is 4. The normalized spacial score (nSPS) is 15.7. The molecule has 0 spiro atoms. The fourth-order valence-electron chi connectivity index (χ4n) is 1.47. The van der Waals surface area contributed by atoms with Crippen molar-refractivity contribution in [1.29, 1.82) is 0 Å². The fourth-order valence-corrected chi connectivity index (χ4v) is 2.12. The van der Waals surface area contributed by atoms with E-state index in [-0.39, 0.29) is 0 Å². The predicted molar refractivity (Wildman–Crippen MR) is 59.7 cm³/mol. The van der Waals surface area contributed by atoms with Crippen molar-refractivity contribution in [3.63, 3.8) is 0 Å². The Labute approximate surface area is 92.1 Å². The number of nitrogens with zero attached hydrogens (tertiary/aromatic N) is 1. The first-order valence-corrected chi connectivity index (χ1v) is 6.07. The van der Waals surface area contributed by atoms with Gasteiger partial charge >= 0.3 is 0 Å². The molecule has 2 aromatic heterocycles. The molecule has 0 bridgehead atoms. The molecule has 0 aromatic carbocycles. The molecule has 0 radical (unpaired) electrons. The summed E-state index contributed by atoms with van der Waals surface area (Å²) in [4.78, 5) is 0. The van der Waals surface area contributed by atoms with Gasteiger partial charge in [0.05, 0.1) is 5.69 Å². The summed E-state index contributed by atoms with van der Waals surface area (Å²) in [5, 5.41) is 11.6. The molecule has 1 N–H and O–H groups in total. The average molecular weight is 220 g/mol. The highest BCUT2D eigenvalue weighted by Crippen LogP contribution is 2.23. The summed E-state index contributed by atoms with van der Waals surface area (Å²) in [6.07, 6.45) is 2.60. The number of hydrogen-bond donors (Lipinski definition) is 1. The molecule has 1 aliphatic rings. The van der Waals surface area contributed by atoms with Crippen LogP contribution in [-0.2, 0) is 6.54 Å². The number of aromatic nitrogens is 1. The predicted octanol–water partition coefficient (Wildman–Crippen LogP) is 2.66. The Bertz CT molecular complexity index is 431. The Balaban J connectivity index is 1.69. The van der Waals surface area contributed by atoms with Crippen molar-refractivity contribution in [2.45, 2.75) is 25.4 Å². The number of thiophene rings is 1. The van der Waals surface area contributed by atoms with E-state index in [2.05, 4.69) is 15.9 Å². The molecule has 4 heteroatoms. The summed E-state index contributed by atoms with van der Waals surface area (Å²) < 4.78 is 5.28. The van der Waals surface area contributed by atoms with Gasteiger partial charge in [0.1, 0.15) is 0 Å². The van der Waals surface area contributed by atoms with Crippen LogP contribution in [0, 0.1) is 0 Å². The molecule has 0 atom stereocenters. The molecule has 2 aromatic rings. The monoisotopic (exact) mass is 220 g/mol. The van der Waals surface area contributed by atoms with Crippen LogP contribution in [-0.4, -0.2) is 11.2 Å². The quantitative estimate of drug-likeness (QED) is 0.860. The lowest BCUT2D eigenvalue weighted by Crippen LogP contribution is -2.15. The first kappa shape index (κ1) is 9.12. The maximum absolute atomic E-state index is 5.28. The minimum Gasteiger partial charge on any atom is -0.356 e. The minimum absolute atomic E-state index is 0.714. The van der Waals surface area contributed by atoms with Gasteiger partial charge in [-0.2, -0.15) is 11.3 Å². The second kappa shape index (κ2) is 3.79. The average Bonchev–Trinajstić information content (AvgIpc) is 2.78. The van der Waals surface area contributed by atoms with E-state index in [0.717, 1.165) is 23.6 Å². The van der Waals surface area contributed by atoms with Gasteiger partial charge < -0.3 is 9.84 Å². The zero-order chi connectivity index (χ0) is 10.1. The highest BCUT2D eigenvalue weighted by atomic mass is 32.1. The molecule has 1 saturated carbocycles. The largest absolute Gasteiger partial charge is 0.356 e. The van der Waals surface area contributed by atoms with E-state index in [1.807, 2.05) is 17.5 Å². The van der Waals surface area contributed by atoms with Crippen LogP contribution in [0.2, 0.25) is 0 Å². The van der Waals surface area contributed by atoms with Gasteiger partial charge in [-0.1, -0.05) is 5.16 Å². The first-order valence-electron chi connectivity index (χ1n) is 5.13. The molecule has 15 heavy (non-hydrogen) atoms. The van der Waals surface area contributed by atoms with Gasteiger partial charge in [-0.25, -0.2) is 0 Å². The molecule has 0 saturated heterocycles. The summed E-state index contributed by atoms with van der Waals surface area (Å²) >= 11 is 1.67. The van der Waals surface area contributed by atoms with Gasteiger partial charge in [0, 0.05) is 29.6 Å². The van der Waals surface area contributed by atoms with Crippen LogP contribution >= 0.6 is 11.3 Å². The van der Waals surface area contributed by atoms with Gasteiger partial charge in [0.25, 0.3) is 0 Å². The zero-order valence-corrected chi connectivity index (χ0v) is 9.09. The second-order valence-corrected chi connectivity index (χ2v) is 4.63. The van der Waals surface area contributed by atoms with E-state index >= 15 is 0 Å². The van der Waals surface area contributed by atoms with Crippen LogP contribution in [0.4, 0.5) is 0 Å². The SMILES string of the molecule is c1cc(-c2cc(CNC3CC3)no2)cs1. The van der Waals surface area contributed by atoms with Crippen LogP contribution in [0.15, 0.2) is 27.4 Å². The topological polar surface area (TPSA) is 38.1 Å². The minimum atomic E-state index is 0.714. The fraction of sp³-hybridized carbons (Fsp3) is 0.364. The lowest BCUT2D eigenvalue weighted by molar-refractivity contribution is 0.420. The zero-order valence-electron chi connectivity index (χ0n) is 8.27. The van der Waals surface area contributed by atoms with Gasteiger partial charge in [0.15, 0.2) is 5.76 Å². The van der Waals surface area contributed by atoms with Crippen molar-refractivity contribution in [3.05, 3.63) is 28.6 Å². The highest BCUT2D eigenvalue weighted by Gasteiger charge is 2.20. The van der Waals surface area contributed by atoms with Gasteiger partial charge in [-0.05, 0) is 24.3 Å². The van der Waals surface area contributed by atoms with Gasteiger partial charge in [0.2, 0.25) is 0 Å². The van der Waals surface area contributed by atoms with Gasteiger partial charge in [-0.15, -0.1) is 0 Å². The van der Waals surface area contributed by atoms with Crippen molar-refractivity contribution >= 4 is 11.3 Å². The summed E-state index contributed by atoms with van der Waals surface area (Å²) in [5.41, 5.74) is 2.10. The van der Waals surface area contributed by atoms with Crippen LogP contribution in [0.3, 0.4) is 0 Å². The Hall–Kier alpha value is -1.13. The molecule has 0 amide bonds. The van der Waals surface area contributed by atoms with Crippen molar-refractivity contribution in [2.24, 2.45) is 0 Å². The Morgan fingerprint density at radius 2 is 2.47 bits per heavy atom. The van der Waals surface area contributed by atoms with Crippen molar-refractivity contribution in [1.82, 2.24) is 10.5 Å². The molecular weight excluding hydrogens is 208 g/mol. The molecule has 1 fully saturated rings. The summed E-state index contributed by atoms with van der Waals surface area (Å²) in [7, 11) is 0. The number of rotatable bonds is 4. The van der Waals surface area contributed by atoms with Gasteiger partial charge in [-0.3, -0.25) is 0 Å². The van der Waals surface area contributed by atoms with E-state index < -0.39 is 0 Å². The molecule has 0 unspecified atom stereocenters. The highest BCUT2D eigenvalue weighted by molar-refractivity contribution is 7.08. The molecule has 2 heterocycles. The molecule has 0 aliphatic heterocycles. The van der Waals surface area contributed by atoms with Crippen LogP contribution in [0.1, 0.15) is 18.5 Å². The third-order valence-corrected chi connectivity index (χ3v) is 3.20. The molecular formula is C11H12N2OS. The van der Waals surface area contributed by atoms with E-state index in [0.29, 0.717) is 6.04 Å². The third kappa shape index (κ3) is 2.11. The maximum atomic E-state index is 5.28. The molecule has 78 valence electrons. The molecule has 3 rings (SSSR count). The van der Waals surface area contributed by atoms with Crippen LogP contribution < -0.4 is 5.32 Å². The smallest absolute Gasteiger partial charge is 0.168 e.